The van der Waals surface area contributed by atoms with Crippen LogP contribution in [0.5, 0.6) is 5.75 Å². The molecule has 1 fully saturated rings. The van der Waals surface area contributed by atoms with Crippen LogP contribution in [-0.4, -0.2) is 18.3 Å². The molecule has 0 saturated heterocycles. The zero-order valence-corrected chi connectivity index (χ0v) is 12.0. The van der Waals surface area contributed by atoms with Gasteiger partial charge < -0.3 is 21.8 Å². The van der Waals surface area contributed by atoms with Crippen LogP contribution in [-0.2, 0) is 29.5 Å². The Bertz CT molecular complexity index is 388. The van der Waals surface area contributed by atoms with Crippen LogP contribution in [0.1, 0.15) is 31.2 Å². The number of hydrogen-bond donors (Lipinski definition) is 1. The van der Waals surface area contributed by atoms with E-state index in [1.807, 2.05) is 6.07 Å². The van der Waals surface area contributed by atoms with Gasteiger partial charge in [-0.25, -0.2) is 0 Å². The van der Waals surface area contributed by atoms with Gasteiger partial charge in [-0.1, -0.05) is 37.1 Å². The number of nitrogens with zero attached hydrogens (tertiary/aromatic N) is 1. The van der Waals surface area contributed by atoms with E-state index >= 15 is 0 Å². The summed E-state index contributed by atoms with van der Waals surface area (Å²) >= 11 is 0. The Balaban J connectivity index is 0. The molecule has 0 bridgehead atoms. The van der Waals surface area contributed by atoms with E-state index in [0.717, 1.165) is 12.8 Å². The molecule has 1 aliphatic rings. The van der Waals surface area contributed by atoms with Gasteiger partial charge in [0.2, 0.25) is 0 Å². The fourth-order valence-electron chi connectivity index (χ4n) is 2.09. The van der Waals surface area contributed by atoms with E-state index in [1.54, 1.807) is 24.4 Å². The topological polar surface area (TPSA) is 118 Å². The van der Waals surface area contributed by atoms with E-state index in [2.05, 4.69) is 4.99 Å². The van der Waals surface area contributed by atoms with Gasteiger partial charge in [-0.05, 0) is 18.4 Å². The third-order valence-corrected chi connectivity index (χ3v) is 3.11. The number of nitrogens with two attached hydrogens (primary N) is 1. The Morgan fingerprint density at radius 2 is 1.79 bits per heavy atom. The predicted octanol–water partition coefficient (Wildman–Crippen LogP) is 1.21. The Hall–Kier alpha value is -0.846. The van der Waals surface area contributed by atoms with Crippen LogP contribution < -0.4 is 10.8 Å². The molecule has 0 unspecified atom stereocenters. The molecule has 6 heteroatoms. The first kappa shape index (κ1) is 20.5. The summed E-state index contributed by atoms with van der Waals surface area (Å²) in [7, 11) is 0. The Kier molecular flexibility index (Phi) is 10.8. The summed E-state index contributed by atoms with van der Waals surface area (Å²) in [6.45, 7) is 0. The first-order valence-corrected chi connectivity index (χ1v) is 5.82. The monoisotopic (exact) mass is 300 g/mol. The summed E-state index contributed by atoms with van der Waals surface area (Å²) in [6, 6.07) is 7.29. The van der Waals surface area contributed by atoms with Crippen LogP contribution in [0, 0.1) is 0 Å². The molecule has 2 rings (SSSR count). The van der Waals surface area contributed by atoms with E-state index in [4.69, 9.17) is 5.73 Å². The van der Waals surface area contributed by atoms with Crippen molar-refractivity contribution in [3.63, 3.8) is 0 Å². The van der Waals surface area contributed by atoms with Gasteiger partial charge in [0.1, 0.15) is 0 Å². The molecule has 0 spiro atoms. The molecule has 1 saturated carbocycles. The zero-order valence-electron chi connectivity index (χ0n) is 10.6. The maximum Gasteiger partial charge on any atom is 0.0650 e. The first-order valence-electron chi connectivity index (χ1n) is 5.82. The van der Waals surface area contributed by atoms with Gasteiger partial charge in [0, 0.05) is 30.8 Å². The van der Waals surface area contributed by atoms with E-state index in [0.29, 0.717) is 5.56 Å². The largest absolute Gasteiger partial charge is 2.00 e. The minimum atomic E-state index is 0. The molecule has 0 amide bonds. The van der Waals surface area contributed by atoms with Crippen LogP contribution in [0.25, 0.3) is 0 Å². The fraction of sp³-hybridized carbons (Fsp3) is 0.462. The molecule has 107 valence electrons. The number of benzene rings is 1. The summed E-state index contributed by atoms with van der Waals surface area (Å²) in [5.41, 5.74) is 6.64. The molecule has 0 aliphatic heterocycles. The van der Waals surface area contributed by atoms with Crippen molar-refractivity contribution >= 4 is 6.21 Å². The molecule has 1 aromatic rings. The maximum absolute atomic E-state index is 11.5. The number of hydrogen-bond acceptors (Lipinski definition) is 3. The van der Waals surface area contributed by atoms with Crippen molar-refractivity contribution in [1.29, 1.82) is 0 Å². The number of aliphatic imine (C=N–C) groups is 1. The normalized spacial score (nSPS) is 21.9. The van der Waals surface area contributed by atoms with Gasteiger partial charge >= 0.3 is 0 Å². The summed E-state index contributed by atoms with van der Waals surface area (Å²) in [5.74, 6) is 0.0237. The van der Waals surface area contributed by atoms with Crippen molar-refractivity contribution in [2.75, 3.05) is 0 Å². The van der Waals surface area contributed by atoms with E-state index in [1.165, 1.54) is 12.8 Å². The van der Waals surface area contributed by atoms with Crippen LogP contribution in [0.3, 0.4) is 0 Å². The first-order chi connectivity index (χ1) is 7.77. The Morgan fingerprint density at radius 1 is 1.16 bits per heavy atom. The molecule has 0 heterocycles. The molecule has 1 aromatic carbocycles. The quantitative estimate of drug-likeness (QED) is 0.826. The minimum absolute atomic E-state index is 0. The third-order valence-electron chi connectivity index (χ3n) is 3.11. The molecular weight excluding hydrogens is 283 g/mol. The molecule has 2 atom stereocenters. The second kappa shape index (κ2) is 10.0. The molecule has 5 nitrogen and oxygen atoms in total. The fourth-order valence-corrected chi connectivity index (χ4v) is 2.09. The van der Waals surface area contributed by atoms with E-state index in [-0.39, 0.29) is 47.3 Å². The third kappa shape index (κ3) is 5.76. The molecule has 1 radical (unpaired) electrons. The second-order valence-corrected chi connectivity index (χ2v) is 4.33. The summed E-state index contributed by atoms with van der Waals surface area (Å²) in [4.78, 5) is 4.45. The van der Waals surface area contributed by atoms with Gasteiger partial charge in [0.05, 0.1) is 6.04 Å². The van der Waals surface area contributed by atoms with Crippen LogP contribution in [0.2, 0.25) is 0 Å². The van der Waals surface area contributed by atoms with Crippen LogP contribution >= 0.6 is 0 Å². The number of para-hydroxylation sites is 1. The smallest absolute Gasteiger partial charge is 0.0650 e. The molecule has 19 heavy (non-hydrogen) atoms. The van der Waals surface area contributed by atoms with Crippen molar-refractivity contribution in [2.45, 2.75) is 37.8 Å². The van der Waals surface area contributed by atoms with Crippen molar-refractivity contribution in [3.8, 4) is 5.75 Å². The standard InChI is InChI=1S/C13H18N2O.2O.V/c14-11-6-2-3-7-12(11)15-9-10-5-1-4-8-13(10)16;;;/h1,4-5,8-9,11-12,16H,2-3,6-7,14H2;;;/q;2*-2;/p-1/t11-,12+;;;/m0.../s1. The summed E-state index contributed by atoms with van der Waals surface area (Å²) in [5, 5.41) is 11.5. The van der Waals surface area contributed by atoms with Gasteiger partial charge in [-0.3, -0.25) is 4.99 Å². The summed E-state index contributed by atoms with van der Waals surface area (Å²) < 4.78 is 0. The van der Waals surface area contributed by atoms with E-state index < -0.39 is 0 Å². The maximum atomic E-state index is 11.5. The molecule has 2 N–H and O–H groups in total. The second-order valence-electron chi connectivity index (χ2n) is 4.33. The Morgan fingerprint density at radius 3 is 2.42 bits per heavy atom. The molecule has 0 aromatic heterocycles. The Labute approximate surface area is 125 Å². The molecule has 1 aliphatic carbocycles. The van der Waals surface area contributed by atoms with Crippen molar-refractivity contribution < 1.29 is 34.6 Å². The SMILES string of the molecule is N[C@H]1CCCC[C@H]1N=Cc1ccccc1[O-].[O-2].[O-2].[V]. The average Bonchev–Trinajstić information content (AvgIpc) is 2.30. The van der Waals surface area contributed by atoms with Gasteiger partial charge in [0.25, 0.3) is 0 Å². The van der Waals surface area contributed by atoms with Crippen molar-refractivity contribution in [1.82, 2.24) is 0 Å². The van der Waals surface area contributed by atoms with Gasteiger partial charge in [-0.15, -0.1) is 5.75 Å². The minimum Gasteiger partial charge on any atom is -2.00 e. The summed E-state index contributed by atoms with van der Waals surface area (Å²) in [6.07, 6.45) is 6.15. The van der Waals surface area contributed by atoms with Crippen LogP contribution in [0.4, 0.5) is 0 Å². The van der Waals surface area contributed by atoms with Crippen molar-refractivity contribution in [2.24, 2.45) is 10.7 Å². The van der Waals surface area contributed by atoms with Gasteiger partial charge in [0.15, 0.2) is 0 Å². The average molecular weight is 300 g/mol. The predicted molar refractivity (Wildman–Crippen MR) is 65.1 cm³/mol. The van der Waals surface area contributed by atoms with Crippen LogP contribution in [0.15, 0.2) is 29.3 Å². The van der Waals surface area contributed by atoms with E-state index in [9.17, 15) is 5.11 Å². The molecular formula is C13H17N2O3V-5. The van der Waals surface area contributed by atoms with Crippen molar-refractivity contribution in [3.05, 3.63) is 29.8 Å². The number of rotatable bonds is 2. The zero-order chi connectivity index (χ0) is 11.4. The van der Waals surface area contributed by atoms with Gasteiger partial charge in [-0.2, -0.15) is 0 Å².